The highest BCUT2D eigenvalue weighted by Crippen LogP contribution is 2.31. The zero-order valence-corrected chi connectivity index (χ0v) is 12.2. The molecule has 0 aromatic carbocycles. The zero-order valence-electron chi connectivity index (χ0n) is 11.5. The number of hydrogen-bond acceptors (Lipinski definition) is 4. The van der Waals surface area contributed by atoms with Gasteiger partial charge in [0, 0.05) is 20.6 Å². The Balaban J connectivity index is 2.17. The molecule has 0 amide bonds. The molecule has 0 saturated heterocycles. The quantitative estimate of drug-likeness (QED) is 0.848. The molecule has 6 nitrogen and oxygen atoms in total. The number of nitrogens with zero attached hydrogens (tertiary/aromatic N) is 6. The van der Waals surface area contributed by atoms with Crippen LogP contribution in [0.15, 0.2) is 6.20 Å². The molecule has 104 valence electrons. The Bertz CT molecular complexity index is 691. The van der Waals surface area contributed by atoms with E-state index in [1.165, 1.54) is 0 Å². The van der Waals surface area contributed by atoms with E-state index in [0.717, 1.165) is 31.5 Å². The van der Waals surface area contributed by atoms with Crippen LogP contribution >= 0.6 is 11.6 Å². The summed E-state index contributed by atoms with van der Waals surface area (Å²) in [7, 11) is 3.75. The van der Waals surface area contributed by atoms with Gasteiger partial charge in [-0.1, -0.05) is 11.6 Å². The van der Waals surface area contributed by atoms with Crippen molar-refractivity contribution in [1.29, 1.82) is 5.26 Å². The Morgan fingerprint density at radius 1 is 1.40 bits per heavy atom. The molecule has 3 rings (SSSR count). The fourth-order valence-electron chi connectivity index (χ4n) is 2.58. The van der Waals surface area contributed by atoms with Crippen LogP contribution in [0.25, 0.3) is 5.82 Å². The van der Waals surface area contributed by atoms with E-state index >= 15 is 0 Å². The summed E-state index contributed by atoms with van der Waals surface area (Å²) in [6.07, 6.45) is 4.74. The van der Waals surface area contributed by atoms with Crippen molar-refractivity contribution < 1.29 is 0 Å². The van der Waals surface area contributed by atoms with Crippen molar-refractivity contribution in [2.75, 3.05) is 19.0 Å². The summed E-state index contributed by atoms with van der Waals surface area (Å²) in [5.41, 5.74) is 1.57. The number of fused-ring (bicyclic) bond motifs is 1. The van der Waals surface area contributed by atoms with Gasteiger partial charge in [-0.3, -0.25) is 4.68 Å². The molecule has 3 heterocycles. The molecule has 2 aromatic heterocycles. The van der Waals surface area contributed by atoms with Gasteiger partial charge in [-0.25, -0.2) is 0 Å². The van der Waals surface area contributed by atoms with Gasteiger partial charge < -0.3 is 4.90 Å². The summed E-state index contributed by atoms with van der Waals surface area (Å²) in [5.74, 6) is 1.30. The van der Waals surface area contributed by atoms with Crippen molar-refractivity contribution in [3.05, 3.63) is 22.5 Å². The molecule has 2 aromatic rings. The third-order valence-corrected chi connectivity index (χ3v) is 3.89. The number of nitriles is 1. The highest BCUT2D eigenvalue weighted by Gasteiger charge is 2.24. The molecule has 1 aliphatic rings. The maximum Gasteiger partial charge on any atom is 0.196 e. The molecule has 7 heteroatoms. The summed E-state index contributed by atoms with van der Waals surface area (Å²) in [4.78, 5) is 1.85. The first-order valence-corrected chi connectivity index (χ1v) is 6.92. The number of anilines is 1. The van der Waals surface area contributed by atoms with Crippen molar-refractivity contribution >= 4 is 17.4 Å². The summed E-state index contributed by atoms with van der Waals surface area (Å²) in [5, 5.41) is 18.6. The van der Waals surface area contributed by atoms with E-state index < -0.39 is 0 Å². The van der Waals surface area contributed by atoms with Crippen molar-refractivity contribution in [2.45, 2.75) is 25.8 Å². The topological polar surface area (TPSA) is 62.7 Å². The van der Waals surface area contributed by atoms with Crippen LogP contribution in [0.1, 0.15) is 24.1 Å². The smallest absolute Gasteiger partial charge is 0.196 e. The fourth-order valence-corrected chi connectivity index (χ4v) is 2.89. The SMILES string of the molecule is CN(C)c1c(C#N)cnn1-c1nn2c(c1Cl)CCCC2. The minimum atomic E-state index is 0.511. The van der Waals surface area contributed by atoms with Gasteiger partial charge in [0.05, 0.1) is 11.9 Å². The second kappa shape index (κ2) is 4.84. The van der Waals surface area contributed by atoms with Gasteiger partial charge in [-0.2, -0.15) is 20.1 Å². The Morgan fingerprint density at radius 2 is 2.20 bits per heavy atom. The molecule has 0 bridgehead atoms. The van der Waals surface area contributed by atoms with Gasteiger partial charge in [0.25, 0.3) is 0 Å². The number of rotatable bonds is 2. The van der Waals surface area contributed by atoms with Gasteiger partial charge in [0.2, 0.25) is 0 Å². The van der Waals surface area contributed by atoms with Gasteiger partial charge in [0.15, 0.2) is 11.6 Å². The van der Waals surface area contributed by atoms with Gasteiger partial charge >= 0.3 is 0 Å². The predicted octanol–water partition coefficient (Wildman–Crippen LogP) is 2.00. The number of hydrogen-bond donors (Lipinski definition) is 0. The normalized spacial score (nSPS) is 13.9. The molecule has 0 N–H and O–H groups in total. The lowest BCUT2D eigenvalue weighted by atomic mass is 10.1. The standard InChI is InChI=1S/C13H15ClN6/c1-18(2)13-9(7-15)8-16-20(13)12-11(14)10-5-3-4-6-19(10)17-12/h8H,3-6H2,1-2H3. The molecule has 1 aliphatic heterocycles. The molecular formula is C13H15ClN6. The van der Waals surface area contributed by atoms with E-state index in [9.17, 15) is 5.26 Å². The predicted molar refractivity (Wildman–Crippen MR) is 76.3 cm³/mol. The average molecular weight is 291 g/mol. The molecule has 0 saturated carbocycles. The van der Waals surface area contributed by atoms with Crippen molar-refractivity contribution in [2.24, 2.45) is 0 Å². The second-order valence-corrected chi connectivity index (χ2v) is 5.44. The Hall–Kier alpha value is -2.00. The molecule has 0 fully saturated rings. The maximum atomic E-state index is 9.17. The van der Waals surface area contributed by atoms with Gasteiger partial charge in [0.1, 0.15) is 16.7 Å². The van der Waals surface area contributed by atoms with Crippen LogP contribution in [-0.4, -0.2) is 33.7 Å². The molecule has 0 spiro atoms. The Labute approximate surface area is 122 Å². The summed E-state index contributed by atoms with van der Waals surface area (Å²) in [6, 6.07) is 2.15. The Morgan fingerprint density at radius 3 is 2.85 bits per heavy atom. The molecular weight excluding hydrogens is 276 g/mol. The van der Waals surface area contributed by atoms with Crippen LogP contribution in [0.4, 0.5) is 5.82 Å². The monoisotopic (exact) mass is 290 g/mol. The molecule has 0 atom stereocenters. The third kappa shape index (κ3) is 1.86. The minimum absolute atomic E-state index is 0.511. The zero-order chi connectivity index (χ0) is 14.3. The third-order valence-electron chi connectivity index (χ3n) is 3.50. The lowest BCUT2D eigenvalue weighted by Crippen LogP contribution is -2.16. The van der Waals surface area contributed by atoms with Crippen LogP contribution in [0.3, 0.4) is 0 Å². The summed E-state index contributed by atoms with van der Waals surface area (Å²) in [6.45, 7) is 0.888. The van der Waals surface area contributed by atoms with Crippen molar-refractivity contribution in [3.8, 4) is 11.9 Å². The molecule has 0 aliphatic carbocycles. The van der Waals surface area contributed by atoms with Crippen LogP contribution in [-0.2, 0) is 13.0 Å². The van der Waals surface area contributed by atoms with E-state index in [2.05, 4.69) is 16.3 Å². The maximum absolute atomic E-state index is 9.17. The van der Waals surface area contributed by atoms with Crippen LogP contribution in [0.5, 0.6) is 0 Å². The molecule has 20 heavy (non-hydrogen) atoms. The highest BCUT2D eigenvalue weighted by molar-refractivity contribution is 6.32. The van der Waals surface area contributed by atoms with E-state index in [-0.39, 0.29) is 0 Å². The first kappa shape index (κ1) is 13.0. The highest BCUT2D eigenvalue weighted by atomic mass is 35.5. The molecule has 0 unspecified atom stereocenters. The summed E-state index contributed by atoms with van der Waals surface area (Å²) < 4.78 is 3.60. The van der Waals surface area contributed by atoms with E-state index in [1.54, 1.807) is 10.9 Å². The average Bonchev–Trinajstić information content (AvgIpc) is 3.00. The first-order valence-electron chi connectivity index (χ1n) is 6.54. The van der Waals surface area contributed by atoms with Crippen molar-refractivity contribution in [3.63, 3.8) is 0 Å². The Kier molecular flexibility index (Phi) is 3.14. The van der Waals surface area contributed by atoms with Gasteiger partial charge in [-0.05, 0) is 19.3 Å². The van der Waals surface area contributed by atoms with E-state index in [4.69, 9.17) is 11.6 Å². The van der Waals surface area contributed by atoms with E-state index in [1.807, 2.05) is 23.7 Å². The van der Waals surface area contributed by atoms with Crippen LogP contribution < -0.4 is 4.90 Å². The summed E-state index contributed by atoms with van der Waals surface area (Å²) >= 11 is 6.46. The number of aryl methyl sites for hydroxylation is 1. The van der Waals surface area contributed by atoms with Gasteiger partial charge in [-0.15, -0.1) is 0 Å². The first-order chi connectivity index (χ1) is 9.63. The fraction of sp³-hybridized carbons (Fsp3) is 0.462. The van der Waals surface area contributed by atoms with Crippen molar-refractivity contribution in [1.82, 2.24) is 19.6 Å². The van der Waals surface area contributed by atoms with Crippen LogP contribution in [0.2, 0.25) is 5.02 Å². The van der Waals surface area contributed by atoms with E-state index in [0.29, 0.717) is 22.2 Å². The number of aromatic nitrogens is 4. The molecule has 0 radical (unpaired) electrons. The lowest BCUT2D eigenvalue weighted by molar-refractivity contribution is 0.484. The second-order valence-electron chi connectivity index (χ2n) is 5.06. The largest absolute Gasteiger partial charge is 0.361 e. The minimum Gasteiger partial charge on any atom is -0.361 e. The lowest BCUT2D eigenvalue weighted by Gasteiger charge is -2.13. The number of halogens is 1. The van der Waals surface area contributed by atoms with Crippen LogP contribution in [0, 0.1) is 11.3 Å².